The molecule has 6 nitrogen and oxygen atoms in total. The minimum atomic E-state index is -0.741. The molecule has 2 aromatic carbocycles. The standard InChI is InChI=1S/C21H20FN3O3/c1-13-10-16(7-8-18(13)24-9-3-6-19(24)26)25-20(27)17(23-21(25)28)12-14-4-2-5-15(22)11-14/h2,4-5,7-8,10-11,17H,3,6,9,12H2,1H3,(H,23,28). The van der Waals surface area contributed by atoms with Crippen LogP contribution in [0.15, 0.2) is 42.5 Å². The van der Waals surface area contributed by atoms with Crippen molar-refractivity contribution in [3.63, 3.8) is 0 Å². The van der Waals surface area contributed by atoms with Crippen LogP contribution in [0.2, 0.25) is 0 Å². The van der Waals surface area contributed by atoms with E-state index < -0.39 is 12.1 Å². The second-order valence-electron chi connectivity index (χ2n) is 7.13. The van der Waals surface area contributed by atoms with Crippen LogP contribution in [0.1, 0.15) is 24.0 Å². The van der Waals surface area contributed by atoms with Gasteiger partial charge in [-0.1, -0.05) is 12.1 Å². The van der Waals surface area contributed by atoms with Crippen molar-refractivity contribution in [1.29, 1.82) is 0 Å². The van der Waals surface area contributed by atoms with Crippen molar-refractivity contribution in [2.75, 3.05) is 16.3 Å². The molecule has 4 rings (SSSR count). The highest BCUT2D eigenvalue weighted by atomic mass is 19.1. The highest BCUT2D eigenvalue weighted by Gasteiger charge is 2.39. The molecule has 4 amide bonds. The van der Waals surface area contributed by atoms with Gasteiger partial charge in [0.2, 0.25) is 5.91 Å². The van der Waals surface area contributed by atoms with E-state index in [4.69, 9.17) is 0 Å². The first-order chi connectivity index (χ1) is 13.4. The van der Waals surface area contributed by atoms with Crippen LogP contribution in [0.4, 0.5) is 20.6 Å². The summed E-state index contributed by atoms with van der Waals surface area (Å²) in [6.45, 7) is 2.53. The Balaban J connectivity index is 1.55. The molecule has 2 fully saturated rings. The Morgan fingerprint density at radius 2 is 1.96 bits per heavy atom. The minimum absolute atomic E-state index is 0.0843. The van der Waals surface area contributed by atoms with Crippen molar-refractivity contribution in [3.8, 4) is 0 Å². The predicted octanol–water partition coefficient (Wildman–Crippen LogP) is 2.93. The van der Waals surface area contributed by atoms with Gasteiger partial charge >= 0.3 is 6.03 Å². The smallest absolute Gasteiger partial charge is 0.325 e. The van der Waals surface area contributed by atoms with Crippen LogP contribution >= 0.6 is 0 Å². The molecule has 2 aromatic rings. The highest BCUT2D eigenvalue weighted by molar-refractivity contribution is 6.21. The number of benzene rings is 2. The summed E-state index contributed by atoms with van der Waals surface area (Å²) in [6.07, 6.45) is 1.59. The van der Waals surface area contributed by atoms with Crippen molar-refractivity contribution in [1.82, 2.24) is 5.32 Å². The summed E-state index contributed by atoms with van der Waals surface area (Å²) in [5, 5.41) is 2.67. The summed E-state index contributed by atoms with van der Waals surface area (Å²) in [6, 6.07) is 9.93. The minimum Gasteiger partial charge on any atom is -0.325 e. The molecule has 144 valence electrons. The van der Waals surface area contributed by atoms with E-state index in [-0.39, 0.29) is 24.1 Å². The molecule has 1 unspecified atom stereocenters. The van der Waals surface area contributed by atoms with Crippen molar-refractivity contribution in [3.05, 3.63) is 59.4 Å². The molecule has 0 saturated carbocycles. The van der Waals surface area contributed by atoms with Gasteiger partial charge in [0.1, 0.15) is 11.9 Å². The molecule has 0 aliphatic carbocycles. The zero-order valence-corrected chi connectivity index (χ0v) is 15.4. The van der Waals surface area contributed by atoms with E-state index in [1.165, 1.54) is 12.1 Å². The van der Waals surface area contributed by atoms with Crippen LogP contribution < -0.4 is 15.1 Å². The van der Waals surface area contributed by atoms with Crippen molar-refractivity contribution in [2.45, 2.75) is 32.2 Å². The third kappa shape index (κ3) is 3.24. The number of rotatable bonds is 4. The Morgan fingerprint density at radius 3 is 2.64 bits per heavy atom. The van der Waals surface area contributed by atoms with Gasteiger partial charge in [0, 0.05) is 25.1 Å². The van der Waals surface area contributed by atoms with Crippen LogP contribution in [0.5, 0.6) is 0 Å². The van der Waals surface area contributed by atoms with E-state index in [9.17, 15) is 18.8 Å². The number of nitrogens with zero attached hydrogens (tertiary/aromatic N) is 2. The first-order valence-corrected chi connectivity index (χ1v) is 9.24. The predicted molar refractivity (Wildman–Crippen MR) is 103 cm³/mol. The number of carbonyl (C=O) groups excluding carboxylic acids is 3. The molecule has 0 spiro atoms. The SMILES string of the molecule is Cc1cc(N2C(=O)NC(Cc3cccc(F)c3)C2=O)ccc1N1CCCC1=O. The molecule has 1 atom stereocenters. The van der Waals surface area contributed by atoms with E-state index in [2.05, 4.69) is 5.32 Å². The summed E-state index contributed by atoms with van der Waals surface area (Å²) in [7, 11) is 0. The highest BCUT2D eigenvalue weighted by Crippen LogP contribution is 2.30. The maximum Gasteiger partial charge on any atom is 0.329 e. The lowest BCUT2D eigenvalue weighted by Gasteiger charge is -2.21. The number of amides is 4. The Labute approximate surface area is 161 Å². The average Bonchev–Trinajstić information content (AvgIpc) is 3.18. The number of aryl methyl sites for hydroxylation is 1. The fourth-order valence-corrected chi connectivity index (χ4v) is 3.80. The molecule has 0 aromatic heterocycles. The topological polar surface area (TPSA) is 69.7 Å². The van der Waals surface area contributed by atoms with E-state index in [1.807, 2.05) is 6.92 Å². The van der Waals surface area contributed by atoms with Gasteiger partial charge < -0.3 is 10.2 Å². The number of urea groups is 1. The largest absolute Gasteiger partial charge is 0.329 e. The molecule has 2 aliphatic heterocycles. The molecule has 1 N–H and O–H groups in total. The molecular formula is C21H20FN3O3. The monoisotopic (exact) mass is 381 g/mol. The number of carbonyl (C=O) groups is 3. The molecule has 2 aliphatic rings. The molecule has 28 heavy (non-hydrogen) atoms. The van der Waals surface area contributed by atoms with Gasteiger partial charge in [0.25, 0.3) is 5.91 Å². The van der Waals surface area contributed by atoms with Crippen molar-refractivity contribution < 1.29 is 18.8 Å². The Bertz CT molecular complexity index is 975. The van der Waals surface area contributed by atoms with Gasteiger partial charge in [-0.25, -0.2) is 14.1 Å². The fraction of sp³-hybridized carbons (Fsp3) is 0.286. The van der Waals surface area contributed by atoms with E-state index >= 15 is 0 Å². The summed E-state index contributed by atoms with van der Waals surface area (Å²) < 4.78 is 13.4. The number of halogens is 1. The number of anilines is 2. The van der Waals surface area contributed by atoms with E-state index in [1.54, 1.807) is 35.2 Å². The molecule has 0 radical (unpaired) electrons. The molecule has 2 heterocycles. The van der Waals surface area contributed by atoms with E-state index in [0.29, 0.717) is 24.2 Å². The van der Waals surface area contributed by atoms with Crippen LogP contribution in [-0.2, 0) is 16.0 Å². The van der Waals surface area contributed by atoms with Crippen LogP contribution in [0.25, 0.3) is 0 Å². The van der Waals surface area contributed by atoms with E-state index in [0.717, 1.165) is 22.6 Å². The first kappa shape index (κ1) is 18.2. The number of imide groups is 1. The number of hydrogen-bond acceptors (Lipinski definition) is 3. The molecule has 2 saturated heterocycles. The third-order valence-corrected chi connectivity index (χ3v) is 5.15. The lowest BCUT2D eigenvalue weighted by molar-refractivity contribution is -0.118. The summed E-state index contributed by atoms with van der Waals surface area (Å²) >= 11 is 0. The second kappa shape index (κ2) is 7.07. The zero-order valence-electron chi connectivity index (χ0n) is 15.4. The van der Waals surface area contributed by atoms with Crippen molar-refractivity contribution >= 4 is 29.2 Å². The molecular weight excluding hydrogens is 361 g/mol. The molecule has 0 bridgehead atoms. The van der Waals surface area contributed by atoms with Gasteiger partial charge in [-0.3, -0.25) is 9.59 Å². The number of hydrogen-bond donors (Lipinski definition) is 1. The fourth-order valence-electron chi connectivity index (χ4n) is 3.80. The summed E-state index contributed by atoms with van der Waals surface area (Å²) in [4.78, 5) is 40.0. The van der Waals surface area contributed by atoms with Gasteiger partial charge in [0.15, 0.2) is 0 Å². The summed E-state index contributed by atoms with van der Waals surface area (Å²) in [5.41, 5.74) is 2.72. The average molecular weight is 381 g/mol. The van der Waals surface area contributed by atoms with Gasteiger partial charge in [-0.05, 0) is 54.8 Å². The first-order valence-electron chi connectivity index (χ1n) is 9.24. The van der Waals surface area contributed by atoms with Gasteiger partial charge in [-0.2, -0.15) is 0 Å². The van der Waals surface area contributed by atoms with Gasteiger partial charge in [0.05, 0.1) is 5.69 Å². The van der Waals surface area contributed by atoms with Crippen LogP contribution in [-0.4, -0.2) is 30.4 Å². The maximum absolute atomic E-state index is 13.4. The second-order valence-corrected chi connectivity index (χ2v) is 7.13. The maximum atomic E-state index is 13.4. The Hall–Kier alpha value is -3.22. The van der Waals surface area contributed by atoms with Crippen LogP contribution in [0, 0.1) is 12.7 Å². The quantitative estimate of drug-likeness (QED) is 0.828. The Kier molecular flexibility index (Phi) is 4.58. The van der Waals surface area contributed by atoms with Crippen molar-refractivity contribution in [2.24, 2.45) is 0 Å². The lowest BCUT2D eigenvalue weighted by Crippen LogP contribution is -2.32. The van der Waals surface area contributed by atoms with Crippen LogP contribution in [0.3, 0.4) is 0 Å². The zero-order chi connectivity index (χ0) is 19.8. The summed E-state index contributed by atoms with van der Waals surface area (Å²) in [5.74, 6) is -0.673. The molecule has 7 heteroatoms. The lowest BCUT2D eigenvalue weighted by atomic mass is 10.1. The third-order valence-electron chi connectivity index (χ3n) is 5.15. The Morgan fingerprint density at radius 1 is 1.14 bits per heavy atom. The van der Waals surface area contributed by atoms with Gasteiger partial charge in [-0.15, -0.1) is 0 Å². The normalized spacial score (nSPS) is 19.5. The number of nitrogens with one attached hydrogen (secondary N) is 1.